The Morgan fingerprint density at radius 3 is 2.48 bits per heavy atom. The van der Waals surface area contributed by atoms with Gasteiger partial charge in [0.15, 0.2) is 6.61 Å². The van der Waals surface area contributed by atoms with Gasteiger partial charge < -0.3 is 4.74 Å². The summed E-state index contributed by atoms with van der Waals surface area (Å²) in [6, 6.07) is 17.2. The summed E-state index contributed by atoms with van der Waals surface area (Å²) < 4.78 is 6.95. The van der Waals surface area contributed by atoms with E-state index in [0.717, 1.165) is 23.4 Å². The second kappa shape index (κ2) is 7.53. The first-order valence-electron chi connectivity index (χ1n) is 8.06. The molecule has 0 aliphatic rings. The summed E-state index contributed by atoms with van der Waals surface area (Å²) in [7, 11) is 0. The maximum Gasteiger partial charge on any atom is 0.284 e. The molecule has 0 unspecified atom stereocenters. The van der Waals surface area contributed by atoms with E-state index >= 15 is 0 Å². The summed E-state index contributed by atoms with van der Waals surface area (Å²) in [6.07, 6.45) is 0.747. The Kier molecular flexibility index (Phi) is 5.19. The number of rotatable bonds is 5. The highest BCUT2D eigenvalue weighted by atomic mass is 35.5. The zero-order valence-electron chi connectivity index (χ0n) is 14.2. The highest BCUT2D eigenvalue weighted by molar-refractivity contribution is 6.32. The molecule has 0 aliphatic carbocycles. The van der Waals surface area contributed by atoms with Crippen LogP contribution in [0, 0.1) is 13.8 Å². The van der Waals surface area contributed by atoms with E-state index < -0.39 is 0 Å². The summed E-state index contributed by atoms with van der Waals surface area (Å²) in [5, 5.41) is 4.88. The molecule has 1 heterocycles. The Morgan fingerprint density at radius 1 is 1.08 bits per heavy atom. The van der Waals surface area contributed by atoms with E-state index in [1.165, 1.54) is 10.2 Å². The standard InChI is InChI=1S/C20H19ClN2O2/c1-14-17(12-16-8-4-3-5-9-16)15(2)23(22-14)20(24)13-25-19-11-7-6-10-18(19)21/h3-11H,12-13H2,1-2H3. The van der Waals surface area contributed by atoms with Gasteiger partial charge in [-0.05, 0) is 31.5 Å². The van der Waals surface area contributed by atoms with Crippen molar-refractivity contribution in [2.45, 2.75) is 20.3 Å². The number of carbonyl (C=O) groups is 1. The molecule has 0 aliphatic heterocycles. The SMILES string of the molecule is Cc1nn(C(=O)COc2ccccc2Cl)c(C)c1Cc1ccccc1. The molecule has 0 saturated carbocycles. The van der Waals surface area contributed by atoms with Gasteiger partial charge in [0.25, 0.3) is 5.91 Å². The number of benzene rings is 2. The number of carbonyl (C=O) groups excluding carboxylic acids is 1. The van der Waals surface area contributed by atoms with Crippen molar-refractivity contribution in [3.8, 4) is 5.75 Å². The minimum Gasteiger partial charge on any atom is -0.482 e. The van der Waals surface area contributed by atoms with Crippen molar-refractivity contribution in [3.63, 3.8) is 0 Å². The quantitative estimate of drug-likeness (QED) is 0.679. The Hall–Kier alpha value is -2.59. The zero-order chi connectivity index (χ0) is 17.8. The zero-order valence-corrected chi connectivity index (χ0v) is 15.0. The molecule has 5 heteroatoms. The van der Waals surface area contributed by atoms with Crippen molar-refractivity contribution < 1.29 is 9.53 Å². The summed E-state index contributed by atoms with van der Waals surface area (Å²) in [6.45, 7) is 3.71. The number of halogens is 1. The van der Waals surface area contributed by atoms with E-state index in [2.05, 4.69) is 17.2 Å². The number of aryl methyl sites for hydroxylation is 1. The number of hydrogen-bond donors (Lipinski definition) is 0. The highest BCUT2D eigenvalue weighted by Gasteiger charge is 2.17. The lowest BCUT2D eigenvalue weighted by atomic mass is 10.0. The third-order valence-electron chi connectivity index (χ3n) is 4.09. The second-order valence-electron chi connectivity index (χ2n) is 5.84. The number of aromatic nitrogens is 2. The molecule has 2 aromatic carbocycles. The summed E-state index contributed by atoms with van der Waals surface area (Å²) in [5.74, 6) is 0.267. The Balaban J connectivity index is 1.75. The first-order valence-corrected chi connectivity index (χ1v) is 8.43. The number of ether oxygens (including phenoxy) is 1. The molecule has 0 spiro atoms. The Labute approximate surface area is 152 Å². The van der Waals surface area contributed by atoms with Gasteiger partial charge in [0.1, 0.15) is 5.75 Å². The summed E-state index contributed by atoms with van der Waals surface area (Å²) in [4.78, 5) is 12.5. The summed E-state index contributed by atoms with van der Waals surface area (Å²) in [5.41, 5.74) is 3.95. The molecule has 25 heavy (non-hydrogen) atoms. The minimum atomic E-state index is -0.222. The molecule has 0 N–H and O–H groups in total. The topological polar surface area (TPSA) is 44.1 Å². The van der Waals surface area contributed by atoms with Crippen LogP contribution in [0.5, 0.6) is 5.75 Å². The van der Waals surface area contributed by atoms with Gasteiger partial charge in [0.05, 0.1) is 10.7 Å². The van der Waals surface area contributed by atoms with E-state index in [-0.39, 0.29) is 12.5 Å². The third kappa shape index (κ3) is 3.91. The van der Waals surface area contributed by atoms with Crippen LogP contribution in [-0.4, -0.2) is 22.3 Å². The van der Waals surface area contributed by atoms with Crippen molar-refractivity contribution in [1.82, 2.24) is 9.78 Å². The van der Waals surface area contributed by atoms with Crippen molar-refractivity contribution in [2.75, 3.05) is 6.61 Å². The van der Waals surface area contributed by atoms with Crippen LogP contribution in [0.15, 0.2) is 54.6 Å². The van der Waals surface area contributed by atoms with Crippen LogP contribution in [0.2, 0.25) is 5.02 Å². The summed E-state index contributed by atoms with van der Waals surface area (Å²) >= 11 is 6.05. The lowest BCUT2D eigenvalue weighted by Gasteiger charge is -2.08. The van der Waals surface area contributed by atoms with Gasteiger partial charge in [-0.2, -0.15) is 5.10 Å². The molecule has 0 bridgehead atoms. The van der Waals surface area contributed by atoms with E-state index in [1.807, 2.05) is 44.2 Å². The normalized spacial score (nSPS) is 10.7. The highest BCUT2D eigenvalue weighted by Crippen LogP contribution is 2.23. The van der Waals surface area contributed by atoms with Gasteiger partial charge in [-0.25, -0.2) is 4.68 Å². The van der Waals surface area contributed by atoms with Gasteiger partial charge in [0, 0.05) is 17.7 Å². The van der Waals surface area contributed by atoms with Crippen LogP contribution < -0.4 is 4.74 Å². The molecular weight excluding hydrogens is 336 g/mol. The molecule has 1 aromatic heterocycles. The monoisotopic (exact) mass is 354 g/mol. The first-order chi connectivity index (χ1) is 12.1. The largest absolute Gasteiger partial charge is 0.482 e. The van der Waals surface area contributed by atoms with Crippen molar-refractivity contribution in [3.05, 3.63) is 82.1 Å². The van der Waals surface area contributed by atoms with E-state index in [1.54, 1.807) is 12.1 Å². The van der Waals surface area contributed by atoms with Crippen LogP contribution in [0.25, 0.3) is 0 Å². The first kappa shape index (κ1) is 17.2. The Morgan fingerprint density at radius 2 is 1.76 bits per heavy atom. The second-order valence-corrected chi connectivity index (χ2v) is 6.24. The minimum absolute atomic E-state index is 0.115. The molecule has 0 fully saturated rings. The van der Waals surface area contributed by atoms with Crippen molar-refractivity contribution >= 4 is 17.5 Å². The van der Waals surface area contributed by atoms with Crippen LogP contribution in [-0.2, 0) is 6.42 Å². The van der Waals surface area contributed by atoms with E-state index in [0.29, 0.717) is 10.8 Å². The predicted molar refractivity (Wildman–Crippen MR) is 98.5 cm³/mol. The van der Waals surface area contributed by atoms with Gasteiger partial charge in [-0.3, -0.25) is 4.79 Å². The number of para-hydroxylation sites is 1. The van der Waals surface area contributed by atoms with Crippen LogP contribution >= 0.6 is 11.6 Å². The predicted octanol–water partition coefficient (Wildman–Crippen LogP) is 4.46. The fourth-order valence-electron chi connectivity index (χ4n) is 2.74. The van der Waals surface area contributed by atoms with Gasteiger partial charge in [0.2, 0.25) is 0 Å². The number of hydrogen-bond acceptors (Lipinski definition) is 3. The molecule has 128 valence electrons. The molecule has 0 saturated heterocycles. The number of nitrogens with zero attached hydrogens (tertiary/aromatic N) is 2. The molecule has 3 aromatic rings. The van der Waals surface area contributed by atoms with Crippen LogP contribution in [0.1, 0.15) is 27.3 Å². The molecule has 0 amide bonds. The molecule has 4 nitrogen and oxygen atoms in total. The van der Waals surface area contributed by atoms with Gasteiger partial charge >= 0.3 is 0 Å². The van der Waals surface area contributed by atoms with E-state index in [9.17, 15) is 4.79 Å². The van der Waals surface area contributed by atoms with Gasteiger partial charge in [-0.15, -0.1) is 0 Å². The maximum atomic E-state index is 12.5. The molecule has 3 rings (SSSR count). The van der Waals surface area contributed by atoms with Gasteiger partial charge in [-0.1, -0.05) is 54.1 Å². The lowest BCUT2D eigenvalue weighted by molar-refractivity contribution is 0.0818. The lowest BCUT2D eigenvalue weighted by Crippen LogP contribution is -2.22. The molecule has 0 atom stereocenters. The molecular formula is C20H19ClN2O2. The van der Waals surface area contributed by atoms with E-state index in [4.69, 9.17) is 16.3 Å². The van der Waals surface area contributed by atoms with Crippen LogP contribution in [0.3, 0.4) is 0 Å². The van der Waals surface area contributed by atoms with Crippen molar-refractivity contribution in [1.29, 1.82) is 0 Å². The fourth-order valence-corrected chi connectivity index (χ4v) is 2.93. The fraction of sp³-hybridized carbons (Fsp3) is 0.200. The molecule has 0 radical (unpaired) electrons. The smallest absolute Gasteiger partial charge is 0.284 e. The van der Waals surface area contributed by atoms with Crippen molar-refractivity contribution in [2.24, 2.45) is 0 Å². The average molecular weight is 355 g/mol. The van der Waals surface area contributed by atoms with Crippen LogP contribution in [0.4, 0.5) is 0 Å². The third-order valence-corrected chi connectivity index (χ3v) is 4.40. The Bertz CT molecular complexity index is 888. The average Bonchev–Trinajstić information content (AvgIpc) is 2.90. The maximum absolute atomic E-state index is 12.5.